The van der Waals surface area contributed by atoms with Gasteiger partial charge in [0, 0.05) is 36.4 Å². The Bertz CT molecular complexity index is 595. The zero-order valence-electron chi connectivity index (χ0n) is 13.8. The summed E-state index contributed by atoms with van der Waals surface area (Å²) in [5, 5.41) is 2.42. The first-order valence-electron chi connectivity index (χ1n) is 7.61. The normalized spacial score (nSPS) is 15.4. The maximum absolute atomic E-state index is 6.11. The molecule has 0 saturated heterocycles. The van der Waals surface area contributed by atoms with Crippen molar-refractivity contribution in [2.45, 2.75) is 39.8 Å². The molecular weight excluding hydrogens is 258 g/mol. The fourth-order valence-electron chi connectivity index (χ4n) is 2.80. The van der Waals surface area contributed by atoms with Gasteiger partial charge in [0.1, 0.15) is 0 Å². The molecule has 0 saturated carbocycles. The quantitative estimate of drug-likeness (QED) is 0.933. The second-order valence-electron chi connectivity index (χ2n) is 6.91. The maximum Gasteiger partial charge on any atom is 0.0491 e. The lowest BCUT2D eigenvalue weighted by molar-refractivity contribution is 0.101. The van der Waals surface area contributed by atoms with E-state index in [1.807, 2.05) is 18.5 Å². The van der Waals surface area contributed by atoms with E-state index in [2.05, 4.69) is 62.8 Å². The van der Waals surface area contributed by atoms with Crippen molar-refractivity contribution in [2.75, 3.05) is 13.6 Å². The van der Waals surface area contributed by atoms with Crippen molar-refractivity contribution in [2.24, 2.45) is 11.1 Å². The molecule has 0 aliphatic carbocycles. The van der Waals surface area contributed by atoms with Gasteiger partial charge in [0.25, 0.3) is 0 Å². The van der Waals surface area contributed by atoms with Gasteiger partial charge < -0.3 is 5.73 Å². The van der Waals surface area contributed by atoms with Crippen LogP contribution in [0.2, 0.25) is 0 Å². The summed E-state index contributed by atoms with van der Waals surface area (Å²) in [4.78, 5) is 6.78. The molecule has 0 amide bonds. The van der Waals surface area contributed by atoms with E-state index in [1.54, 1.807) is 0 Å². The van der Waals surface area contributed by atoms with Crippen molar-refractivity contribution in [1.82, 2.24) is 9.88 Å². The van der Waals surface area contributed by atoms with Gasteiger partial charge >= 0.3 is 0 Å². The Balaban J connectivity index is 2.45. The van der Waals surface area contributed by atoms with E-state index in [0.29, 0.717) is 12.6 Å². The van der Waals surface area contributed by atoms with Crippen LogP contribution in [-0.2, 0) is 0 Å². The lowest BCUT2D eigenvalue weighted by Gasteiger charge is -2.40. The third kappa shape index (κ3) is 3.25. The Kier molecular flexibility index (Phi) is 4.64. The van der Waals surface area contributed by atoms with Crippen LogP contribution < -0.4 is 5.73 Å². The number of nitrogens with two attached hydrogens (primary N) is 1. The summed E-state index contributed by atoms with van der Waals surface area (Å²) in [5.74, 6) is 0. The Labute approximate surface area is 128 Å². The van der Waals surface area contributed by atoms with Gasteiger partial charge in [-0.1, -0.05) is 45.0 Å². The Hall–Kier alpha value is -1.45. The first-order chi connectivity index (χ1) is 9.86. The van der Waals surface area contributed by atoms with Crippen molar-refractivity contribution >= 4 is 10.8 Å². The largest absolute Gasteiger partial charge is 0.329 e. The van der Waals surface area contributed by atoms with Crippen molar-refractivity contribution < 1.29 is 0 Å². The molecule has 2 atom stereocenters. The van der Waals surface area contributed by atoms with E-state index in [-0.39, 0.29) is 11.5 Å². The number of hydrogen-bond acceptors (Lipinski definition) is 3. The molecule has 114 valence electrons. The highest BCUT2D eigenvalue weighted by molar-refractivity contribution is 5.85. The van der Waals surface area contributed by atoms with Gasteiger partial charge in [-0.25, -0.2) is 0 Å². The van der Waals surface area contributed by atoms with Crippen LogP contribution in [0.4, 0.5) is 0 Å². The number of benzene rings is 1. The SMILES string of the molecule is CC(N(C)C(CN)c1cncc2ccccc12)C(C)(C)C. The highest BCUT2D eigenvalue weighted by atomic mass is 15.2. The third-order valence-corrected chi connectivity index (χ3v) is 4.64. The van der Waals surface area contributed by atoms with Gasteiger partial charge in [-0.05, 0) is 30.3 Å². The van der Waals surface area contributed by atoms with Gasteiger partial charge in [0.05, 0.1) is 0 Å². The summed E-state index contributed by atoms with van der Waals surface area (Å²) in [7, 11) is 2.16. The van der Waals surface area contributed by atoms with Gasteiger partial charge in [-0.2, -0.15) is 0 Å². The van der Waals surface area contributed by atoms with E-state index in [4.69, 9.17) is 5.73 Å². The summed E-state index contributed by atoms with van der Waals surface area (Å²) in [6.45, 7) is 9.66. The van der Waals surface area contributed by atoms with Crippen LogP contribution >= 0.6 is 0 Å². The van der Waals surface area contributed by atoms with Gasteiger partial charge in [0.2, 0.25) is 0 Å². The lowest BCUT2D eigenvalue weighted by atomic mass is 9.85. The number of fused-ring (bicyclic) bond motifs is 1. The minimum absolute atomic E-state index is 0.179. The van der Waals surface area contributed by atoms with E-state index in [1.165, 1.54) is 16.3 Å². The average Bonchev–Trinajstić information content (AvgIpc) is 2.46. The van der Waals surface area contributed by atoms with Crippen molar-refractivity contribution in [3.8, 4) is 0 Å². The summed E-state index contributed by atoms with van der Waals surface area (Å²) in [5.41, 5.74) is 7.53. The predicted octanol–water partition coefficient (Wildman–Crippen LogP) is 3.60. The van der Waals surface area contributed by atoms with Crippen LogP contribution in [0.1, 0.15) is 39.3 Å². The van der Waals surface area contributed by atoms with Gasteiger partial charge in [-0.15, -0.1) is 0 Å². The Morgan fingerprint density at radius 1 is 1.19 bits per heavy atom. The van der Waals surface area contributed by atoms with Crippen LogP contribution in [-0.4, -0.2) is 29.5 Å². The van der Waals surface area contributed by atoms with Crippen molar-refractivity contribution in [3.05, 3.63) is 42.2 Å². The molecule has 0 aliphatic rings. The van der Waals surface area contributed by atoms with Gasteiger partial charge in [-0.3, -0.25) is 9.88 Å². The Morgan fingerprint density at radius 3 is 2.48 bits per heavy atom. The molecule has 2 aromatic rings. The third-order valence-electron chi connectivity index (χ3n) is 4.64. The number of likely N-dealkylation sites (N-methyl/N-ethyl adjacent to an activating group) is 1. The number of hydrogen-bond donors (Lipinski definition) is 1. The molecule has 3 heteroatoms. The lowest BCUT2D eigenvalue weighted by Crippen LogP contribution is -2.43. The smallest absolute Gasteiger partial charge is 0.0491 e. The first-order valence-corrected chi connectivity index (χ1v) is 7.61. The summed E-state index contributed by atoms with van der Waals surface area (Å²) in [6, 6.07) is 8.99. The predicted molar refractivity (Wildman–Crippen MR) is 90.2 cm³/mol. The molecule has 1 aromatic heterocycles. The van der Waals surface area contributed by atoms with Crippen LogP contribution in [0.3, 0.4) is 0 Å². The monoisotopic (exact) mass is 285 g/mol. The molecule has 0 aliphatic heterocycles. The van der Waals surface area contributed by atoms with Crippen molar-refractivity contribution in [1.29, 1.82) is 0 Å². The Morgan fingerprint density at radius 2 is 1.86 bits per heavy atom. The van der Waals surface area contributed by atoms with Crippen LogP contribution in [0.15, 0.2) is 36.7 Å². The van der Waals surface area contributed by atoms with Crippen LogP contribution in [0.25, 0.3) is 10.8 Å². The average molecular weight is 285 g/mol. The molecule has 1 aromatic carbocycles. The number of rotatable bonds is 4. The molecule has 0 spiro atoms. The maximum atomic E-state index is 6.11. The van der Waals surface area contributed by atoms with Crippen molar-refractivity contribution in [3.63, 3.8) is 0 Å². The topological polar surface area (TPSA) is 42.1 Å². The summed E-state index contributed by atoms with van der Waals surface area (Å²) >= 11 is 0. The highest BCUT2D eigenvalue weighted by Gasteiger charge is 2.29. The number of nitrogens with zero attached hydrogens (tertiary/aromatic N) is 2. The molecule has 3 nitrogen and oxygen atoms in total. The minimum atomic E-state index is 0.179. The van der Waals surface area contributed by atoms with E-state index >= 15 is 0 Å². The molecular formula is C18H27N3. The second kappa shape index (κ2) is 6.12. The van der Waals surface area contributed by atoms with E-state index in [9.17, 15) is 0 Å². The zero-order valence-corrected chi connectivity index (χ0v) is 13.8. The van der Waals surface area contributed by atoms with E-state index < -0.39 is 0 Å². The summed E-state index contributed by atoms with van der Waals surface area (Å²) < 4.78 is 0. The second-order valence-corrected chi connectivity index (χ2v) is 6.91. The fourth-order valence-corrected chi connectivity index (χ4v) is 2.80. The van der Waals surface area contributed by atoms with Crippen LogP contribution in [0, 0.1) is 5.41 Å². The zero-order chi connectivity index (χ0) is 15.6. The number of pyridine rings is 1. The molecule has 0 radical (unpaired) electrons. The van der Waals surface area contributed by atoms with Gasteiger partial charge in [0.15, 0.2) is 0 Å². The molecule has 0 bridgehead atoms. The van der Waals surface area contributed by atoms with Crippen LogP contribution in [0.5, 0.6) is 0 Å². The highest BCUT2D eigenvalue weighted by Crippen LogP contribution is 2.32. The molecule has 2 rings (SSSR count). The summed E-state index contributed by atoms with van der Waals surface area (Å²) in [6.07, 6.45) is 3.88. The van der Waals surface area contributed by atoms with E-state index in [0.717, 1.165) is 0 Å². The molecule has 1 heterocycles. The molecule has 0 fully saturated rings. The first kappa shape index (κ1) is 15.9. The number of aromatic nitrogens is 1. The minimum Gasteiger partial charge on any atom is -0.329 e. The molecule has 2 unspecified atom stereocenters. The molecule has 2 N–H and O–H groups in total. The fraction of sp³-hybridized carbons (Fsp3) is 0.500. The molecule has 21 heavy (non-hydrogen) atoms. The standard InChI is InChI=1S/C18H27N3/c1-13(18(2,3)4)21(5)17(10-19)16-12-20-11-14-8-6-7-9-15(14)16/h6-9,11-13,17H,10,19H2,1-5H3.